The summed E-state index contributed by atoms with van der Waals surface area (Å²) in [6, 6.07) is 78.9. The van der Waals surface area contributed by atoms with E-state index in [9.17, 15) is 0 Å². The van der Waals surface area contributed by atoms with E-state index in [0.717, 1.165) is 34.1 Å². The van der Waals surface area contributed by atoms with Crippen LogP contribution in [0.25, 0.3) is 54.6 Å². The van der Waals surface area contributed by atoms with Gasteiger partial charge in [0, 0.05) is 44.3 Å². The molecule has 2 nitrogen and oxygen atoms in total. The molecular formula is C52H36N2. The van der Waals surface area contributed by atoms with Crippen molar-refractivity contribution in [3.05, 3.63) is 218 Å². The molecule has 0 heterocycles. The van der Waals surface area contributed by atoms with Gasteiger partial charge in [-0.25, -0.2) is 0 Å². The maximum Gasteiger partial charge on any atom is 0.0546 e. The maximum absolute atomic E-state index is 2.41. The number of para-hydroxylation sites is 4. The number of anilines is 6. The van der Waals surface area contributed by atoms with Crippen molar-refractivity contribution in [3.8, 4) is 22.3 Å². The van der Waals surface area contributed by atoms with Crippen LogP contribution in [0.3, 0.4) is 0 Å². The summed E-state index contributed by atoms with van der Waals surface area (Å²) in [6.07, 6.45) is 0. The summed E-state index contributed by atoms with van der Waals surface area (Å²) in [5, 5.41) is 7.41. The van der Waals surface area contributed by atoms with Crippen LogP contribution in [-0.2, 0) is 0 Å². The lowest BCUT2D eigenvalue weighted by molar-refractivity contribution is 1.30. The Morgan fingerprint density at radius 1 is 0.241 bits per heavy atom. The van der Waals surface area contributed by atoms with Gasteiger partial charge < -0.3 is 9.80 Å². The third-order valence-electron chi connectivity index (χ3n) is 10.6. The maximum atomic E-state index is 2.41. The molecule has 0 amide bonds. The minimum atomic E-state index is 1.11. The monoisotopic (exact) mass is 688 g/mol. The molecule has 0 saturated heterocycles. The molecule has 0 unspecified atom stereocenters. The molecule has 0 radical (unpaired) electrons. The molecule has 0 aliphatic carbocycles. The van der Waals surface area contributed by atoms with Crippen molar-refractivity contribution in [2.75, 3.05) is 9.80 Å². The van der Waals surface area contributed by atoms with Crippen LogP contribution in [-0.4, -0.2) is 0 Å². The van der Waals surface area contributed by atoms with Gasteiger partial charge in [0.25, 0.3) is 0 Å². The molecular weight excluding hydrogens is 653 g/mol. The van der Waals surface area contributed by atoms with Gasteiger partial charge in [-0.1, -0.05) is 158 Å². The molecule has 0 saturated carbocycles. The lowest BCUT2D eigenvalue weighted by Crippen LogP contribution is -2.12. The first kappa shape index (κ1) is 31.6. The quantitative estimate of drug-likeness (QED) is 0.147. The molecule has 0 spiro atoms. The van der Waals surface area contributed by atoms with E-state index in [1.54, 1.807) is 0 Å². The molecule has 0 aromatic heterocycles. The number of benzene rings is 10. The highest BCUT2D eigenvalue weighted by Gasteiger charge is 2.25. The molecule has 0 atom stereocenters. The Morgan fingerprint density at radius 3 is 0.796 bits per heavy atom. The van der Waals surface area contributed by atoms with Gasteiger partial charge in [-0.2, -0.15) is 0 Å². The molecule has 10 aromatic rings. The summed E-state index contributed by atoms with van der Waals surface area (Å²) in [7, 11) is 0. The third-order valence-corrected chi connectivity index (χ3v) is 10.6. The van der Waals surface area contributed by atoms with E-state index in [0.29, 0.717) is 0 Å². The third kappa shape index (κ3) is 5.36. The summed E-state index contributed by atoms with van der Waals surface area (Å²) < 4.78 is 0. The molecule has 0 bridgehead atoms. The molecule has 0 N–H and O–H groups in total. The summed E-state index contributed by atoms with van der Waals surface area (Å²) in [5.74, 6) is 0. The summed E-state index contributed by atoms with van der Waals surface area (Å²) in [4.78, 5) is 4.83. The van der Waals surface area contributed by atoms with E-state index in [2.05, 4.69) is 228 Å². The highest BCUT2D eigenvalue weighted by Crippen LogP contribution is 2.52. The average Bonchev–Trinajstić information content (AvgIpc) is 3.25. The first-order valence-electron chi connectivity index (χ1n) is 18.5. The zero-order valence-corrected chi connectivity index (χ0v) is 29.7. The van der Waals surface area contributed by atoms with E-state index < -0.39 is 0 Å². The molecule has 0 aliphatic rings. The molecule has 0 fully saturated rings. The number of rotatable bonds is 8. The second-order valence-corrected chi connectivity index (χ2v) is 13.7. The fraction of sp³-hybridized carbons (Fsp3) is 0. The predicted molar refractivity (Wildman–Crippen MR) is 230 cm³/mol. The smallest absolute Gasteiger partial charge is 0.0546 e. The van der Waals surface area contributed by atoms with Crippen LogP contribution in [0.5, 0.6) is 0 Å². The van der Waals surface area contributed by atoms with Crippen LogP contribution in [0.2, 0.25) is 0 Å². The van der Waals surface area contributed by atoms with E-state index in [-0.39, 0.29) is 0 Å². The van der Waals surface area contributed by atoms with Crippen LogP contribution >= 0.6 is 0 Å². The molecule has 10 rings (SSSR count). The second kappa shape index (κ2) is 13.4. The van der Waals surface area contributed by atoms with Crippen molar-refractivity contribution < 1.29 is 0 Å². The number of hydrogen-bond acceptors (Lipinski definition) is 2. The van der Waals surface area contributed by atoms with Crippen LogP contribution in [0, 0.1) is 0 Å². The molecule has 10 aromatic carbocycles. The Labute approximate surface area is 315 Å². The topological polar surface area (TPSA) is 6.48 Å². The Morgan fingerprint density at radius 2 is 0.500 bits per heavy atom. The lowest BCUT2D eigenvalue weighted by Gasteiger charge is -2.31. The van der Waals surface area contributed by atoms with Crippen molar-refractivity contribution in [2.24, 2.45) is 0 Å². The SMILES string of the molecule is c1ccc(-c2cc(N(c3ccccc3)c3ccccc3)c3ccc4c(N(c5ccccc5)c5ccccc5)cc(-c5ccccc5)c5ccc2c3c54)cc1. The van der Waals surface area contributed by atoms with Crippen LogP contribution < -0.4 is 9.80 Å². The first-order chi connectivity index (χ1) is 26.8. The highest BCUT2D eigenvalue weighted by molar-refractivity contribution is 6.32. The molecule has 2 heteroatoms. The normalized spacial score (nSPS) is 11.3. The molecule has 254 valence electrons. The van der Waals surface area contributed by atoms with Gasteiger partial charge in [-0.15, -0.1) is 0 Å². The minimum Gasteiger partial charge on any atom is -0.310 e. The summed E-state index contributed by atoms with van der Waals surface area (Å²) in [5.41, 5.74) is 11.5. The second-order valence-electron chi connectivity index (χ2n) is 13.7. The highest BCUT2D eigenvalue weighted by atomic mass is 15.1. The largest absolute Gasteiger partial charge is 0.310 e. The van der Waals surface area contributed by atoms with E-state index in [4.69, 9.17) is 0 Å². The number of nitrogens with zero attached hydrogens (tertiary/aromatic N) is 2. The Kier molecular flexibility index (Phi) is 7.85. The molecule has 54 heavy (non-hydrogen) atoms. The zero-order chi connectivity index (χ0) is 35.8. The predicted octanol–water partition coefficient (Wildman–Crippen LogP) is 14.9. The Balaban J connectivity index is 1.39. The molecule has 0 aliphatic heterocycles. The number of hydrogen-bond donors (Lipinski definition) is 0. The van der Waals surface area contributed by atoms with Crippen molar-refractivity contribution in [1.82, 2.24) is 0 Å². The van der Waals surface area contributed by atoms with Gasteiger partial charge in [0.05, 0.1) is 11.4 Å². The van der Waals surface area contributed by atoms with Gasteiger partial charge in [-0.3, -0.25) is 0 Å². The minimum absolute atomic E-state index is 1.11. The van der Waals surface area contributed by atoms with Crippen molar-refractivity contribution >= 4 is 66.4 Å². The standard InChI is InChI=1S/C52H36N2/c1-7-19-37(20-8-1)47-35-49(53(39-23-11-3-12-24-39)40-25-13-4-14-26-40)45-33-34-46-50(54(41-27-15-5-16-28-41)42-29-17-6-18-30-42)36-48(38-21-9-2-10-22-38)44-32-31-43(47)51(45)52(44)46/h1-36H. The van der Waals surface area contributed by atoms with Gasteiger partial charge in [0.1, 0.15) is 0 Å². The van der Waals surface area contributed by atoms with Crippen LogP contribution in [0.4, 0.5) is 34.1 Å². The van der Waals surface area contributed by atoms with Gasteiger partial charge in [-0.05, 0) is 93.7 Å². The summed E-state index contributed by atoms with van der Waals surface area (Å²) in [6.45, 7) is 0. The summed E-state index contributed by atoms with van der Waals surface area (Å²) >= 11 is 0. The van der Waals surface area contributed by atoms with Crippen LogP contribution in [0.1, 0.15) is 0 Å². The van der Waals surface area contributed by atoms with E-state index in [1.165, 1.54) is 54.6 Å². The lowest BCUT2D eigenvalue weighted by atomic mass is 9.85. The Hall–Kier alpha value is -7.16. The van der Waals surface area contributed by atoms with Gasteiger partial charge in [0.2, 0.25) is 0 Å². The van der Waals surface area contributed by atoms with Crippen molar-refractivity contribution in [3.63, 3.8) is 0 Å². The fourth-order valence-corrected chi connectivity index (χ4v) is 8.20. The van der Waals surface area contributed by atoms with E-state index >= 15 is 0 Å². The first-order valence-corrected chi connectivity index (χ1v) is 18.5. The zero-order valence-electron chi connectivity index (χ0n) is 29.7. The van der Waals surface area contributed by atoms with E-state index in [1.807, 2.05) is 0 Å². The van der Waals surface area contributed by atoms with Gasteiger partial charge >= 0.3 is 0 Å². The van der Waals surface area contributed by atoms with Crippen molar-refractivity contribution in [1.29, 1.82) is 0 Å². The average molecular weight is 689 g/mol. The van der Waals surface area contributed by atoms with Crippen LogP contribution in [0.15, 0.2) is 218 Å². The van der Waals surface area contributed by atoms with Gasteiger partial charge in [0.15, 0.2) is 0 Å². The Bertz CT molecular complexity index is 2560. The van der Waals surface area contributed by atoms with Crippen molar-refractivity contribution in [2.45, 2.75) is 0 Å². The fourth-order valence-electron chi connectivity index (χ4n) is 8.20.